The highest BCUT2D eigenvalue weighted by Crippen LogP contribution is 2.23. The molecule has 0 radical (unpaired) electrons. The minimum atomic E-state index is 0.527. The molecule has 0 spiro atoms. The van der Waals surface area contributed by atoms with E-state index in [-0.39, 0.29) is 0 Å². The van der Waals surface area contributed by atoms with Crippen LogP contribution >= 0.6 is 0 Å². The first-order valence-corrected chi connectivity index (χ1v) is 5.74. The van der Waals surface area contributed by atoms with Gasteiger partial charge in [-0.15, -0.1) is 0 Å². The van der Waals surface area contributed by atoms with Gasteiger partial charge in [0, 0.05) is 19.6 Å². The normalized spacial score (nSPS) is 20.9. The van der Waals surface area contributed by atoms with Crippen molar-refractivity contribution in [3.8, 4) is 0 Å². The molecule has 2 rings (SSSR count). The largest absolute Gasteiger partial charge is 0.356 e. The van der Waals surface area contributed by atoms with Gasteiger partial charge >= 0.3 is 0 Å². The van der Waals surface area contributed by atoms with Gasteiger partial charge in [0.2, 0.25) is 0 Å². The van der Waals surface area contributed by atoms with Gasteiger partial charge in [-0.25, -0.2) is 4.98 Å². The van der Waals surface area contributed by atoms with Crippen LogP contribution in [0.15, 0.2) is 18.2 Å². The molecule has 0 aromatic carbocycles. The number of hydrogen-bond acceptors (Lipinski definition) is 3. The minimum Gasteiger partial charge on any atom is -0.356 e. The van der Waals surface area contributed by atoms with Crippen molar-refractivity contribution >= 4 is 5.82 Å². The highest BCUT2D eigenvalue weighted by Gasteiger charge is 2.21. The first-order valence-electron chi connectivity index (χ1n) is 5.74. The van der Waals surface area contributed by atoms with E-state index < -0.39 is 0 Å². The summed E-state index contributed by atoms with van der Waals surface area (Å²) in [7, 11) is 0. The molecule has 3 nitrogen and oxygen atoms in total. The van der Waals surface area contributed by atoms with E-state index in [1.165, 1.54) is 12.8 Å². The predicted molar refractivity (Wildman–Crippen MR) is 62.7 cm³/mol. The van der Waals surface area contributed by atoms with Crippen molar-refractivity contribution in [2.75, 3.05) is 18.0 Å². The number of nitrogens with zero attached hydrogens (tertiary/aromatic N) is 2. The average molecular weight is 205 g/mol. The molecular formula is C12H19N3. The molecule has 1 aliphatic heterocycles. The van der Waals surface area contributed by atoms with E-state index in [1.807, 2.05) is 12.1 Å². The zero-order valence-corrected chi connectivity index (χ0v) is 9.32. The summed E-state index contributed by atoms with van der Waals surface area (Å²) in [6.07, 6.45) is 2.57. The van der Waals surface area contributed by atoms with Gasteiger partial charge in [-0.1, -0.05) is 19.4 Å². The van der Waals surface area contributed by atoms with Gasteiger partial charge < -0.3 is 10.6 Å². The van der Waals surface area contributed by atoms with E-state index in [9.17, 15) is 0 Å². The number of nitrogens with two attached hydrogens (primary N) is 1. The van der Waals surface area contributed by atoms with E-state index in [2.05, 4.69) is 22.9 Å². The number of pyridine rings is 1. The van der Waals surface area contributed by atoms with Gasteiger partial charge in [-0.2, -0.15) is 0 Å². The zero-order chi connectivity index (χ0) is 10.7. The van der Waals surface area contributed by atoms with E-state index in [4.69, 9.17) is 5.73 Å². The molecule has 1 atom stereocenters. The van der Waals surface area contributed by atoms with E-state index >= 15 is 0 Å². The third-order valence-corrected chi connectivity index (χ3v) is 3.19. The lowest BCUT2D eigenvalue weighted by Crippen LogP contribution is -2.21. The van der Waals surface area contributed by atoms with Crippen LogP contribution in [0.4, 0.5) is 5.82 Å². The summed E-state index contributed by atoms with van der Waals surface area (Å²) in [5.74, 6) is 1.93. The number of aromatic nitrogens is 1. The molecule has 1 aromatic rings. The summed E-state index contributed by atoms with van der Waals surface area (Å²) in [5, 5.41) is 0. The third-order valence-electron chi connectivity index (χ3n) is 3.19. The van der Waals surface area contributed by atoms with Crippen molar-refractivity contribution in [2.24, 2.45) is 11.7 Å². The van der Waals surface area contributed by atoms with Crippen LogP contribution in [0.5, 0.6) is 0 Å². The second-order valence-corrected chi connectivity index (χ2v) is 4.20. The molecule has 0 aliphatic carbocycles. The van der Waals surface area contributed by atoms with Gasteiger partial charge in [0.1, 0.15) is 5.82 Å². The van der Waals surface area contributed by atoms with Crippen LogP contribution in [0.1, 0.15) is 25.5 Å². The van der Waals surface area contributed by atoms with Gasteiger partial charge in [-0.05, 0) is 24.5 Å². The van der Waals surface area contributed by atoms with E-state index in [0.29, 0.717) is 6.54 Å². The summed E-state index contributed by atoms with van der Waals surface area (Å²) < 4.78 is 0. The van der Waals surface area contributed by atoms with E-state index in [1.54, 1.807) is 0 Å². The maximum absolute atomic E-state index is 5.59. The Hall–Kier alpha value is -1.09. The molecule has 0 amide bonds. The molecule has 15 heavy (non-hydrogen) atoms. The SMILES string of the molecule is CCC1CCN(c2cccc(CN)n2)C1. The molecular weight excluding hydrogens is 186 g/mol. The zero-order valence-electron chi connectivity index (χ0n) is 9.32. The maximum Gasteiger partial charge on any atom is 0.128 e. The summed E-state index contributed by atoms with van der Waals surface area (Å²) in [4.78, 5) is 6.91. The van der Waals surface area contributed by atoms with Crippen LogP contribution in [-0.4, -0.2) is 18.1 Å². The standard InChI is InChI=1S/C12H19N3/c1-2-10-6-7-15(9-10)12-5-3-4-11(8-13)14-12/h3-5,10H,2,6-9,13H2,1H3. The van der Waals surface area contributed by atoms with Crippen molar-refractivity contribution < 1.29 is 0 Å². The van der Waals surface area contributed by atoms with Crippen LogP contribution in [0.25, 0.3) is 0 Å². The summed E-state index contributed by atoms with van der Waals surface area (Å²) in [6.45, 7) is 5.08. The van der Waals surface area contributed by atoms with E-state index in [0.717, 1.165) is 30.5 Å². The Bertz CT molecular complexity index is 324. The lowest BCUT2D eigenvalue weighted by molar-refractivity contribution is 0.568. The summed E-state index contributed by atoms with van der Waals surface area (Å²) in [6, 6.07) is 6.11. The van der Waals surface area contributed by atoms with Crippen molar-refractivity contribution in [3.05, 3.63) is 23.9 Å². The molecule has 1 unspecified atom stereocenters. The fourth-order valence-electron chi connectivity index (χ4n) is 2.13. The highest BCUT2D eigenvalue weighted by molar-refractivity contribution is 5.40. The van der Waals surface area contributed by atoms with Gasteiger partial charge in [0.05, 0.1) is 5.69 Å². The summed E-state index contributed by atoms with van der Waals surface area (Å²) in [5.41, 5.74) is 6.57. The molecule has 1 saturated heterocycles. The molecule has 1 fully saturated rings. The first-order chi connectivity index (χ1) is 7.33. The fourth-order valence-corrected chi connectivity index (χ4v) is 2.13. The molecule has 0 saturated carbocycles. The highest BCUT2D eigenvalue weighted by atomic mass is 15.2. The predicted octanol–water partition coefficient (Wildman–Crippen LogP) is 1.78. The Morgan fingerprint density at radius 1 is 1.53 bits per heavy atom. The van der Waals surface area contributed by atoms with Crippen molar-refractivity contribution in [1.29, 1.82) is 0 Å². The smallest absolute Gasteiger partial charge is 0.128 e. The van der Waals surface area contributed by atoms with Gasteiger partial charge in [0.15, 0.2) is 0 Å². The lowest BCUT2D eigenvalue weighted by atomic mass is 10.1. The minimum absolute atomic E-state index is 0.527. The Morgan fingerprint density at radius 3 is 3.07 bits per heavy atom. The quantitative estimate of drug-likeness (QED) is 0.818. The number of rotatable bonds is 3. The van der Waals surface area contributed by atoms with Crippen LogP contribution in [0.3, 0.4) is 0 Å². The molecule has 82 valence electrons. The fraction of sp³-hybridized carbons (Fsp3) is 0.583. The molecule has 3 heteroatoms. The van der Waals surface area contributed by atoms with Crippen LogP contribution < -0.4 is 10.6 Å². The Balaban J connectivity index is 2.09. The van der Waals surface area contributed by atoms with Gasteiger partial charge in [-0.3, -0.25) is 0 Å². The van der Waals surface area contributed by atoms with Crippen LogP contribution in [-0.2, 0) is 6.54 Å². The Labute approximate surface area is 91.3 Å². The van der Waals surface area contributed by atoms with Crippen LogP contribution in [0.2, 0.25) is 0 Å². The third kappa shape index (κ3) is 2.29. The monoisotopic (exact) mass is 205 g/mol. The topological polar surface area (TPSA) is 42.1 Å². The average Bonchev–Trinajstić information content (AvgIpc) is 2.78. The lowest BCUT2D eigenvalue weighted by Gasteiger charge is -2.17. The number of hydrogen-bond donors (Lipinski definition) is 1. The Kier molecular flexibility index (Phi) is 3.21. The van der Waals surface area contributed by atoms with Crippen molar-refractivity contribution in [2.45, 2.75) is 26.3 Å². The summed E-state index contributed by atoms with van der Waals surface area (Å²) >= 11 is 0. The number of anilines is 1. The second-order valence-electron chi connectivity index (χ2n) is 4.20. The van der Waals surface area contributed by atoms with Crippen LogP contribution in [0, 0.1) is 5.92 Å². The molecule has 1 aliphatic rings. The van der Waals surface area contributed by atoms with Crippen molar-refractivity contribution in [1.82, 2.24) is 4.98 Å². The molecule has 2 N–H and O–H groups in total. The van der Waals surface area contributed by atoms with Gasteiger partial charge in [0.25, 0.3) is 0 Å². The Morgan fingerprint density at radius 2 is 2.40 bits per heavy atom. The second kappa shape index (κ2) is 4.62. The van der Waals surface area contributed by atoms with Crippen molar-refractivity contribution in [3.63, 3.8) is 0 Å². The molecule has 1 aromatic heterocycles. The molecule has 2 heterocycles. The maximum atomic E-state index is 5.59. The first kappa shape index (κ1) is 10.4. The molecule has 0 bridgehead atoms.